The standard InChI is InChI=1S/C18H23NO4S/c1-14-6-4-5-7-16(14)13-19-24(20,21)11-10-15-8-9-17(22-2)18(12-15)23-3/h4-9,12,19H,10-11,13H2,1-3H3. The third-order valence-corrected chi connectivity index (χ3v) is 5.18. The molecule has 130 valence electrons. The summed E-state index contributed by atoms with van der Waals surface area (Å²) in [5.74, 6) is 1.25. The summed E-state index contributed by atoms with van der Waals surface area (Å²) in [5.41, 5.74) is 2.93. The van der Waals surface area contributed by atoms with Crippen LogP contribution in [0.5, 0.6) is 11.5 Å². The Hall–Kier alpha value is -2.05. The van der Waals surface area contributed by atoms with E-state index in [1.165, 1.54) is 0 Å². The molecule has 0 saturated heterocycles. The zero-order valence-corrected chi connectivity index (χ0v) is 15.0. The molecule has 0 unspecified atom stereocenters. The van der Waals surface area contributed by atoms with Crippen LogP contribution in [0.15, 0.2) is 42.5 Å². The van der Waals surface area contributed by atoms with Crippen molar-refractivity contribution < 1.29 is 17.9 Å². The number of hydrogen-bond acceptors (Lipinski definition) is 4. The second-order valence-electron chi connectivity index (χ2n) is 5.51. The zero-order chi connectivity index (χ0) is 17.6. The van der Waals surface area contributed by atoms with Crippen LogP contribution in [0.25, 0.3) is 0 Å². The molecule has 0 fully saturated rings. The summed E-state index contributed by atoms with van der Waals surface area (Å²) in [6.07, 6.45) is 0.406. The molecule has 1 N–H and O–H groups in total. The Balaban J connectivity index is 1.96. The highest BCUT2D eigenvalue weighted by Gasteiger charge is 2.12. The topological polar surface area (TPSA) is 64.6 Å². The van der Waals surface area contributed by atoms with Crippen molar-refractivity contribution in [2.75, 3.05) is 20.0 Å². The summed E-state index contributed by atoms with van der Waals surface area (Å²) < 4.78 is 37.5. The van der Waals surface area contributed by atoms with Crippen molar-refractivity contribution in [3.05, 3.63) is 59.2 Å². The van der Waals surface area contributed by atoms with Crippen LogP contribution in [0.1, 0.15) is 16.7 Å². The van der Waals surface area contributed by atoms with Crippen molar-refractivity contribution in [3.8, 4) is 11.5 Å². The fourth-order valence-corrected chi connectivity index (χ4v) is 3.38. The summed E-state index contributed by atoms with van der Waals surface area (Å²) >= 11 is 0. The normalized spacial score (nSPS) is 11.3. The van der Waals surface area contributed by atoms with Gasteiger partial charge in [0.25, 0.3) is 0 Å². The predicted molar refractivity (Wildman–Crippen MR) is 95.1 cm³/mol. The summed E-state index contributed by atoms with van der Waals surface area (Å²) in [4.78, 5) is 0. The average Bonchev–Trinajstić information content (AvgIpc) is 2.59. The van der Waals surface area contributed by atoms with Crippen LogP contribution in [-0.4, -0.2) is 28.4 Å². The van der Waals surface area contributed by atoms with Gasteiger partial charge in [0, 0.05) is 6.54 Å². The van der Waals surface area contributed by atoms with Crippen molar-refractivity contribution >= 4 is 10.0 Å². The lowest BCUT2D eigenvalue weighted by Gasteiger charge is -2.11. The van der Waals surface area contributed by atoms with Gasteiger partial charge in [-0.3, -0.25) is 0 Å². The molecule has 0 atom stereocenters. The van der Waals surface area contributed by atoms with E-state index in [9.17, 15) is 8.42 Å². The van der Waals surface area contributed by atoms with Crippen LogP contribution < -0.4 is 14.2 Å². The molecule has 5 nitrogen and oxygen atoms in total. The largest absolute Gasteiger partial charge is 0.493 e. The summed E-state index contributed by atoms with van der Waals surface area (Å²) in [6, 6.07) is 13.2. The molecule has 6 heteroatoms. The van der Waals surface area contributed by atoms with Crippen LogP contribution in [0.4, 0.5) is 0 Å². The van der Waals surface area contributed by atoms with E-state index < -0.39 is 10.0 Å². The fourth-order valence-electron chi connectivity index (χ4n) is 2.36. The molecule has 24 heavy (non-hydrogen) atoms. The van der Waals surface area contributed by atoms with Gasteiger partial charge in [-0.15, -0.1) is 0 Å². The molecule has 0 spiro atoms. The van der Waals surface area contributed by atoms with E-state index in [0.29, 0.717) is 24.5 Å². The van der Waals surface area contributed by atoms with Crippen LogP contribution >= 0.6 is 0 Å². The number of aryl methyl sites for hydroxylation is 2. The minimum atomic E-state index is -3.35. The van der Waals surface area contributed by atoms with Gasteiger partial charge in [-0.1, -0.05) is 30.3 Å². The van der Waals surface area contributed by atoms with E-state index in [-0.39, 0.29) is 5.75 Å². The Morgan fingerprint density at radius 2 is 1.71 bits per heavy atom. The van der Waals surface area contributed by atoms with Crippen LogP contribution in [0, 0.1) is 6.92 Å². The van der Waals surface area contributed by atoms with Gasteiger partial charge in [-0.25, -0.2) is 13.1 Å². The number of sulfonamides is 1. The van der Waals surface area contributed by atoms with Crippen molar-refractivity contribution in [3.63, 3.8) is 0 Å². The SMILES string of the molecule is COc1ccc(CCS(=O)(=O)NCc2ccccc2C)cc1OC. The molecule has 0 radical (unpaired) electrons. The molecule has 0 aliphatic rings. The first-order valence-corrected chi connectivity index (χ1v) is 9.33. The maximum absolute atomic E-state index is 12.2. The van der Waals surface area contributed by atoms with Gasteiger partial charge in [0.1, 0.15) is 0 Å². The van der Waals surface area contributed by atoms with E-state index in [2.05, 4.69) is 4.72 Å². The molecule has 2 aromatic carbocycles. The Kier molecular flexibility index (Phi) is 6.23. The maximum Gasteiger partial charge on any atom is 0.212 e. The lowest BCUT2D eigenvalue weighted by molar-refractivity contribution is 0.354. The molecule has 0 aromatic heterocycles. The van der Waals surface area contributed by atoms with Gasteiger partial charge in [0.15, 0.2) is 11.5 Å². The summed E-state index contributed by atoms with van der Waals surface area (Å²) in [6.45, 7) is 2.27. The van der Waals surface area contributed by atoms with Crippen LogP contribution in [0.3, 0.4) is 0 Å². The summed E-state index contributed by atoms with van der Waals surface area (Å²) in [5, 5.41) is 0. The molecule has 0 aliphatic heterocycles. The van der Waals surface area contributed by atoms with Crippen molar-refractivity contribution in [1.29, 1.82) is 0 Å². The molecule has 0 amide bonds. The third kappa shape index (κ3) is 4.97. The number of nitrogens with one attached hydrogen (secondary N) is 1. The number of hydrogen-bond donors (Lipinski definition) is 1. The molecule has 0 bridgehead atoms. The number of ether oxygens (including phenoxy) is 2. The second kappa shape index (κ2) is 8.17. The van der Waals surface area contributed by atoms with Gasteiger partial charge in [0.2, 0.25) is 10.0 Å². The van der Waals surface area contributed by atoms with E-state index in [0.717, 1.165) is 16.7 Å². The van der Waals surface area contributed by atoms with E-state index in [1.54, 1.807) is 26.4 Å². The third-order valence-electron chi connectivity index (χ3n) is 3.85. The first kappa shape index (κ1) is 18.3. The highest BCUT2D eigenvalue weighted by Crippen LogP contribution is 2.27. The Morgan fingerprint density at radius 1 is 1.00 bits per heavy atom. The number of methoxy groups -OCH3 is 2. The minimum absolute atomic E-state index is 0.0222. The average molecular weight is 349 g/mol. The van der Waals surface area contributed by atoms with E-state index >= 15 is 0 Å². The fraction of sp³-hybridized carbons (Fsp3) is 0.333. The molecular weight excluding hydrogens is 326 g/mol. The maximum atomic E-state index is 12.2. The molecule has 0 aliphatic carbocycles. The Labute approximate surface area is 143 Å². The Morgan fingerprint density at radius 3 is 2.38 bits per heavy atom. The predicted octanol–water partition coefficient (Wildman–Crippen LogP) is 2.67. The highest BCUT2D eigenvalue weighted by atomic mass is 32.2. The minimum Gasteiger partial charge on any atom is -0.493 e. The van der Waals surface area contributed by atoms with Crippen molar-refractivity contribution in [2.24, 2.45) is 0 Å². The highest BCUT2D eigenvalue weighted by molar-refractivity contribution is 7.89. The Bertz CT molecular complexity index is 787. The van der Waals surface area contributed by atoms with Crippen LogP contribution in [-0.2, 0) is 23.0 Å². The zero-order valence-electron chi connectivity index (χ0n) is 14.2. The molecule has 2 rings (SSSR count). The quantitative estimate of drug-likeness (QED) is 0.796. The van der Waals surface area contributed by atoms with Crippen molar-refractivity contribution in [1.82, 2.24) is 4.72 Å². The van der Waals surface area contributed by atoms with Gasteiger partial charge in [-0.2, -0.15) is 0 Å². The number of benzene rings is 2. The van der Waals surface area contributed by atoms with Gasteiger partial charge < -0.3 is 9.47 Å². The van der Waals surface area contributed by atoms with Crippen molar-refractivity contribution in [2.45, 2.75) is 19.9 Å². The lowest BCUT2D eigenvalue weighted by atomic mass is 10.1. The summed E-state index contributed by atoms with van der Waals surface area (Å²) in [7, 11) is -0.227. The lowest BCUT2D eigenvalue weighted by Crippen LogP contribution is -2.27. The number of rotatable bonds is 8. The van der Waals surface area contributed by atoms with E-state index in [4.69, 9.17) is 9.47 Å². The molecule has 2 aromatic rings. The first-order valence-electron chi connectivity index (χ1n) is 7.68. The van der Waals surface area contributed by atoms with Gasteiger partial charge in [0.05, 0.1) is 20.0 Å². The first-order chi connectivity index (χ1) is 11.4. The molecule has 0 saturated carbocycles. The smallest absolute Gasteiger partial charge is 0.212 e. The van der Waals surface area contributed by atoms with Gasteiger partial charge in [-0.05, 0) is 42.2 Å². The van der Waals surface area contributed by atoms with Gasteiger partial charge >= 0.3 is 0 Å². The monoisotopic (exact) mass is 349 g/mol. The van der Waals surface area contributed by atoms with Crippen LogP contribution in [0.2, 0.25) is 0 Å². The van der Waals surface area contributed by atoms with E-state index in [1.807, 2.05) is 37.3 Å². The molecule has 0 heterocycles. The second-order valence-corrected chi connectivity index (χ2v) is 7.43. The molecular formula is C18H23NO4S.